The summed E-state index contributed by atoms with van der Waals surface area (Å²) in [4.78, 5) is 26.6. The maximum absolute atomic E-state index is 11.1. The summed E-state index contributed by atoms with van der Waals surface area (Å²) in [6.45, 7) is 0.233. The summed E-state index contributed by atoms with van der Waals surface area (Å²) in [5, 5.41) is 22.7. The van der Waals surface area contributed by atoms with E-state index in [0.29, 0.717) is 0 Å². The van der Waals surface area contributed by atoms with Crippen molar-refractivity contribution in [1.29, 1.82) is 0 Å². The van der Waals surface area contributed by atoms with Gasteiger partial charge in [0.1, 0.15) is 0 Å². The average Bonchev–Trinajstić information content (AvgIpc) is 3.06. The Morgan fingerprint density at radius 2 is 1.69 bits per heavy atom. The van der Waals surface area contributed by atoms with E-state index in [9.17, 15) is 22.0 Å². The third-order valence-corrected chi connectivity index (χ3v) is 4.14. The molecule has 18 heteroatoms. The molecule has 1 unspecified atom stereocenters. The highest BCUT2D eigenvalue weighted by Crippen LogP contribution is 2.12. The molecule has 0 radical (unpaired) electrons. The Hall–Kier alpha value is -2.96. The number of rotatable bonds is 12. The van der Waals surface area contributed by atoms with Gasteiger partial charge in [0, 0.05) is 25.4 Å². The van der Waals surface area contributed by atoms with Crippen LogP contribution in [-0.4, -0.2) is 90.0 Å². The van der Waals surface area contributed by atoms with Gasteiger partial charge in [0.15, 0.2) is 0 Å². The van der Waals surface area contributed by atoms with E-state index < -0.39 is 32.9 Å². The van der Waals surface area contributed by atoms with Gasteiger partial charge in [0.2, 0.25) is 39.6 Å². The van der Waals surface area contributed by atoms with Gasteiger partial charge in [-0.25, -0.2) is 17.9 Å². The maximum atomic E-state index is 11.1. The highest BCUT2D eigenvalue weighted by atomic mass is 32.2. The molecule has 0 aliphatic heterocycles. The Balaban J connectivity index is 2.11. The predicted octanol–water partition coefficient (Wildman–Crippen LogP) is -2.32. The van der Waals surface area contributed by atoms with Crippen molar-refractivity contribution in [1.82, 2.24) is 34.9 Å². The van der Waals surface area contributed by atoms with Gasteiger partial charge in [0.25, 0.3) is 0 Å². The van der Waals surface area contributed by atoms with Crippen LogP contribution >= 0.6 is 0 Å². The number of aromatic amines is 1. The molecule has 2 heterocycles. The smallest absolute Gasteiger partial charge is 0.373 e. The SMILES string of the molecule is CS(=O)(=O)NCCNc1nc(NCCS(=O)[O-])nc(Nc2n[nH]c(C(=O)O)n2)n1. The summed E-state index contributed by atoms with van der Waals surface area (Å²) in [6.07, 6.45) is 1.02. The number of carboxylic acid groups (broad SMARTS) is 1. The van der Waals surface area contributed by atoms with Crippen LogP contribution in [0.5, 0.6) is 0 Å². The number of nitrogens with zero attached hydrogens (tertiary/aromatic N) is 5. The molecule has 0 aliphatic rings. The van der Waals surface area contributed by atoms with Crippen LogP contribution in [0.25, 0.3) is 0 Å². The highest BCUT2D eigenvalue weighted by molar-refractivity contribution is 7.88. The number of aromatic carboxylic acids is 1. The number of hydrogen-bond acceptors (Lipinski definition) is 13. The minimum absolute atomic E-state index is 0.0144. The molecule has 2 aromatic heterocycles. The molecule has 6 N–H and O–H groups in total. The predicted molar refractivity (Wildman–Crippen MR) is 100 cm³/mol. The lowest BCUT2D eigenvalue weighted by Gasteiger charge is -2.11. The van der Waals surface area contributed by atoms with Crippen molar-refractivity contribution in [3.63, 3.8) is 0 Å². The molecule has 0 fully saturated rings. The first kappa shape index (κ1) is 22.3. The zero-order valence-corrected chi connectivity index (χ0v) is 16.5. The van der Waals surface area contributed by atoms with E-state index in [1.54, 1.807) is 0 Å². The van der Waals surface area contributed by atoms with E-state index in [1.807, 2.05) is 0 Å². The van der Waals surface area contributed by atoms with E-state index in [4.69, 9.17) is 5.11 Å². The molecular weight excluding hydrogens is 432 g/mol. The van der Waals surface area contributed by atoms with Crippen LogP contribution in [-0.2, 0) is 21.1 Å². The lowest BCUT2D eigenvalue weighted by Crippen LogP contribution is -2.28. The van der Waals surface area contributed by atoms with E-state index in [-0.39, 0.29) is 49.2 Å². The summed E-state index contributed by atoms with van der Waals surface area (Å²) in [6, 6.07) is 0. The number of carboxylic acids is 1. The molecule has 0 saturated carbocycles. The average molecular weight is 449 g/mol. The van der Waals surface area contributed by atoms with Crippen LogP contribution < -0.4 is 20.7 Å². The Morgan fingerprint density at radius 3 is 2.24 bits per heavy atom. The van der Waals surface area contributed by atoms with Gasteiger partial charge in [-0.3, -0.25) is 14.6 Å². The molecule has 29 heavy (non-hydrogen) atoms. The molecule has 16 nitrogen and oxygen atoms in total. The van der Waals surface area contributed by atoms with E-state index >= 15 is 0 Å². The van der Waals surface area contributed by atoms with E-state index in [2.05, 4.69) is 50.8 Å². The van der Waals surface area contributed by atoms with Gasteiger partial charge in [-0.2, -0.15) is 19.9 Å². The molecule has 160 valence electrons. The first-order chi connectivity index (χ1) is 13.6. The lowest BCUT2D eigenvalue weighted by molar-refractivity contribution is 0.0684. The maximum Gasteiger partial charge on any atom is 0.373 e. The number of carbonyl (C=O) groups is 1. The number of anilines is 4. The van der Waals surface area contributed by atoms with Gasteiger partial charge in [-0.15, -0.1) is 5.10 Å². The van der Waals surface area contributed by atoms with Crippen LogP contribution in [0.1, 0.15) is 10.6 Å². The first-order valence-corrected chi connectivity index (χ1v) is 10.9. The summed E-state index contributed by atoms with van der Waals surface area (Å²) in [5.74, 6) is -2.03. The second-order valence-corrected chi connectivity index (χ2v) is 8.12. The largest absolute Gasteiger partial charge is 0.772 e. The molecule has 0 aliphatic carbocycles. The quantitative estimate of drug-likeness (QED) is 0.147. The summed E-state index contributed by atoms with van der Waals surface area (Å²) < 4.78 is 45.7. The third-order valence-electron chi connectivity index (χ3n) is 2.87. The molecule has 0 bridgehead atoms. The topological polar surface area (TPSA) is 240 Å². The second kappa shape index (κ2) is 10.0. The Bertz CT molecular complexity index is 980. The number of H-pyrrole nitrogens is 1. The molecule has 0 aromatic carbocycles. The van der Waals surface area contributed by atoms with Gasteiger partial charge < -0.3 is 20.3 Å². The number of aromatic nitrogens is 6. The fourth-order valence-corrected chi connectivity index (χ4v) is 2.50. The Kier molecular flexibility index (Phi) is 7.70. The zero-order valence-electron chi connectivity index (χ0n) is 14.9. The molecule has 0 spiro atoms. The first-order valence-electron chi connectivity index (χ1n) is 7.79. The van der Waals surface area contributed by atoms with Crippen LogP contribution in [0, 0.1) is 0 Å². The normalized spacial score (nSPS) is 12.3. The number of sulfonamides is 1. The molecule has 2 aromatic rings. The van der Waals surface area contributed by atoms with E-state index in [0.717, 1.165) is 6.26 Å². The molecule has 2 rings (SSSR count). The van der Waals surface area contributed by atoms with Crippen molar-refractivity contribution in [3.05, 3.63) is 5.82 Å². The van der Waals surface area contributed by atoms with E-state index in [1.165, 1.54) is 0 Å². The van der Waals surface area contributed by atoms with Crippen molar-refractivity contribution < 1.29 is 27.1 Å². The zero-order chi connectivity index (χ0) is 21.4. The Labute approximate surface area is 166 Å². The van der Waals surface area contributed by atoms with Crippen molar-refractivity contribution in [3.8, 4) is 0 Å². The van der Waals surface area contributed by atoms with Crippen LogP contribution in [0.2, 0.25) is 0 Å². The summed E-state index contributed by atoms with van der Waals surface area (Å²) in [5.41, 5.74) is 0. The fraction of sp³-hybridized carbons (Fsp3) is 0.455. The monoisotopic (exact) mass is 449 g/mol. The standard InChI is InChI=1S/C11H18N10O6S2/c1-29(26,27)14-3-2-12-8-16-9(13-4-5-28(24)25)18-10(17-8)19-11-15-6(7(22)23)20-21-11/h14H,2-5H2,1H3,(H,22,23)(H,24,25)(H4,12,13,15,16,17,18,19,20,21)/p-1. The highest BCUT2D eigenvalue weighted by Gasteiger charge is 2.12. The van der Waals surface area contributed by atoms with Crippen LogP contribution in [0.15, 0.2) is 0 Å². The van der Waals surface area contributed by atoms with Gasteiger partial charge >= 0.3 is 5.97 Å². The third kappa shape index (κ3) is 8.29. The molecule has 1 atom stereocenters. The van der Waals surface area contributed by atoms with Gasteiger partial charge in [-0.05, 0) is 0 Å². The minimum atomic E-state index is -3.35. The fourth-order valence-electron chi connectivity index (χ4n) is 1.76. The van der Waals surface area contributed by atoms with Gasteiger partial charge in [0.05, 0.1) is 6.26 Å². The summed E-state index contributed by atoms with van der Waals surface area (Å²) in [7, 11) is -3.35. The van der Waals surface area contributed by atoms with Crippen LogP contribution in [0.3, 0.4) is 0 Å². The molecule has 0 saturated heterocycles. The lowest BCUT2D eigenvalue weighted by atomic mass is 10.6. The molecular formula is C11H17N10O6S2-. The van der Waals surface area contributed by atoms with Gasteiger partial charge in [-0.1, -0.05) is 11.1 Å². The van der Waals surface area contributed by atoms with Crippen molar-refractivity contribution >= 4 is 50.9 Å². The number of hydrogen-bond donors (Lipinski definition) is 6. The van der Waals surface area contributed by atoms with Crippen molar-refractivity contribution in [2.45, 2.75) is 0 Å². The minimum Gasteiger partial charge on any atom is -0.772 e. The number of nitrogens with one attached hydrogen (secondary N) is 5. The van der Waals surface area contributed by atoms with Crippen LogP contribution in [0.4, 0.5) is 23.8 Å². The summed E-state index contributed by atoms with van der Waals surface area (Å²) >= 11 is -2.26. The second-order valence-electron chi connectivity index (χ2n) is 5.27. The van der Waals surface area contributed by atoms with Crippen molar-refractivity contribution in [2.75, 3.05) is 47.6 Å². The molecule has 0 amide bonds. The Morgan fingerprint density at radius 1 is 1.07 bits per heavy atom. The van der Waals surface area contributed by atoms with Crippen molar-refractivity contribution in [2.24, 2.45) is 0 Å².